The van der Waals surface area contributed by atoms with Gasteiger partial charge in [0.15, 0.2) is 0 Å². The molecule has 12 heteroatoms. The van der Waals surface area contributed by atoms with Gasteiger partial charge >= 0.3 is 17.9 Å². The van der Waals surface area contributed by atoms with Crippen molar-refractivity contribution in [1.82, 2.24) is 4.98 Å². The quantitative estimate of drug-likeness (QED) is 0.241. The van der Waals surface area contributed by atoms with Gasteiger partial charge in [-0.2, -0.15) is 0 Å². The number of nitrogens with zero attached hydrogens (tertiary/aromatic N) is 2. The Morgan fingerprint density at radius 1 is 1.06 bits per heavy atom. The minimum absolute atomic E-state index is 0.00711. The van der Waals surface area contributed by atoms with Gasteiger partial charge in [-0.1, -0.05) is 0 Å². The first-order valence-electron chi connectivity index (χ1n) is 11.1. The average molecular weight is 489 g/mol. The molecular weight excluding hydrogens is 462 g/mol. The van der Waals surface area contributed by atoms with Gasteiger partial charge in [0.2, 0.25) is 0 Å². The first kappa shape index (κ1) is 25.7. The molecule has 0 atom stereocenters. The normalized spacial score (nSPS) is 13.3. The summed E-state index contributed by atoms with van der Waals surface area (Å²) in [5.74, 6) is -2.18. The van der Waals surface area contributed by atoms with Crippen molar-refractivity contribution in [1.29, 1.82) is 0 Å². The first-order valence-corrected chi connectivity index (χ1v) is 11.1. The van der Waals surface area contributed by atoms with E-state index in [0.717, 1.165) is 6.07 Å². The number of nitro groups is 1. The van der Waals surface area contributed by atoms with Crippen molar-refractivity contribution in [2.24, 2.45) is 0 Å². The molecule has 0 radical (unpaired) electrons. The van der Waals surface area contributed by atoms with Crippen molar-refractivity contribution in [2.45, 2.75) is 27.4 Å². The zero-order valence-electron chi connectivity index (χ0n) is 19.8. The predicted molar refractivity (Wildman–Crippen MR) is 123 cm³/mol. The number of aromatic amines is 1. The summed E-state index contributed by atoms with van der Waals surface area (Å²) in [6.45, 7) is 6.59. The summed E-state index contributed by atoms with van der Waals surface area (Å²) < 4.78 is 20.9. The van der Waals surface area contributed by atoms with Gasteiger partial charge in [0, 0.05) is 25.2 Å². The number of carbonyl (C=O) groups excluding carboxylic acids is 3. The van der Waals surface area contributed by atoms with Gasteiger partial charge in [0.1, 0.15) is 12.3 Å². The lowest BCUT2D eigenvalue weighted by Crippen LogP contribution is -2.37. The zero-order valence-corrected chi connectivity index (χ0v) is 19.8. The van der Waals surface area contributed by atoms with Gasteiger partial charge in [0.05, 0.1) is 53.9 Å². The summed E-state index contributed by atoms with van der Waals surface area (Å²) in [4.78, 5) is 53.3. The smallest absolute Gasteiger partial charge is 0.355 e. The summed E-state index contributed by atoms with van der Waals surface area (Å²) >= 11 is 0. The van der Waals surface area contributed by atoms with Gasteiger partial charge in [-0.15, -0.1) is 0 Å². The first-order chi connectivity index (χ1) is 16.8. The Balaban J connectivity index is 1.91. The van der Waals surface area contributed by atoms with Gasteiger partial charge in [-0.3, -0.25) is 10.1 Å². The lowest BCUT2D eigenvalue weighted by atomic mass is 10.1. The number of benzene rings is 1. The van der Waals surface area contributed by atoms with E-state index >= 15 is 0 Å². The van der Waals surface area contributed by atoms with Crippen LogP contribution >= 0.6 is 0 Å². The number of hydrogen-bond donors (Lipinski definition) is 1. The van der Waals surface area contributed by atoms with Gasteiger partial charge in [-0.05, 0) is 32.4 Å². The Bertz CT molecular complexity index is 1120. The van der Waals surface area contributed by atoms with Crippen LogP contribution in [0.25, 0.3) is 0 Å². The van der Waals surface area contributed by atoms with E-state index in [2.05, 4.69) is 4.98 Å². The Morgan fingerprint density at radius 2 is 1.71 bits per heavy atom. The van der Waals surface area contributed by atoms with Crippen LogP contribution in [0, 0.1) is 17.0 Å². The number of esters is 3. The Hall–Kier alpha value is -3.93. The molecule has 1 aromatic carbocycles. The second-order valence-electron chi connectivity index (χ2n) is 7.55. The fraction of sp³-hybridized carbons (Fsp3) is 0.435. The van der Waals surface area contributed by atoms with Gasteiger partial charge < -0.3 is 28.8 Å². The third kappa shape index (κ3) is 5.77. The number of hydrogen-bond acceptors (Lipinski definition) is 10. The second kappa shape index (κ2) is 11.5. The van der Waals surface area contributed by atoms with Crippen LogP contribution in [0.4, 0.5) is 11.4 Å². The molecule has 0 bridgehead atoms. The highest BCUT2D eigenvalue weighted by Gasteiger charge is 2.28. The van der Waals surface area contributed by atoms with Crippen LogP contribution in [0.15, 0.2) is 18.2 Å². The Kier molecular flexibility index (Phi) is 8.42. The maximum atomic E-state index is 13.1. The number of ether oxygens (including phenoxy) is 4. The highest BCUT2D eigenvalue weighted by atomic mass is 16.6. The number of nitro benzene ring substituents is 1. The van der Waals surface area contributed by atoms with Crippen LogP contribution in [0.5, 0.6) is 0 Å². The van der Waals surface area contributed by atoms with Crippen LogP contribution in [-0.4, -0.2) is 67.3 Å². The number of nitrogens with one attached hydrogen (secondary N) is 1. The van der Waals surface area contributed by atoms with Crippen molar-refractivity contribution >= 4 is 29.3 Å². The molecule has 188 valence electrons. The van der Waals surface area contributed by atoms with Crippen molar-refractivity contribution < 1.29 is 38.3 Å². The molecule has 1 aliphatic rings. The Morgan fingerprint density at radius 3 is 2.34 bits per heavy atom. The molecule has 12 nitrogen and oxygen atoms in total. The zero-order chi connectivity index (χ0) is 25.5. The number of non-ortho nitro benzene ring substituents is 1. The van der Waals surface area contributed by atoms with E-state index in [9.17, 15) is 24.5 Å². The minimum atomic E-state index is -0.824. The molecule has 0 unspecified atom stereocenters. The third-order valence-electron chi connectivity index (χ3n) is 5.40. The molecule has 1 aliphatic heterocycles. The maximum Gasteiger partial charge on any atom is 0.355 e. The van der Waals surface area contributed by atoms with Crippen molar-refractivity contribution in [2.75, 3.05) is 44.4 Å². The summed E-state index contributed by atoms with van der Waals surface area (Å²) in [6.07, 6.45) is 0. The number of carbonyl (C=O) groups is 3. The largest absolute Gasteiger partial charge is 0.462 e. The summed E-state index contributed by atoms with van der Waals surface area (Å²) in [5.41, 5.74) is 0.784. The molecule has 1 aromatic heterocycles. The van der Waals surface area contributed by atoms with Gasteiger partial charge in [0.25, 0.3) is 5.69 Å². The van der Waals surface area contributed by atoms with E-state index in [1.54, 1.807) is 20.8 Å². The third-order valence-corrected chi connectivity index (χ3v) is 5.40. The topological polar surface area (TPSA) is 150 Å². The molecule has 2 aromatic rings. The van der Waals surface area contributed by atoms with E-state index in [-0.39, 0.29) is 41.4 Å². The average Bonchev–Trinajstić information content (AvgIpc) is 3.19. The number of anilines is 1. The maximum absolute atomic E-state index is 13.1. The molecule has 3 rings (SSSR count). The van der Waals surface area contributed by atoms with E-state index in [0.29, 0.717) is 37.6 Å². The van der Waals surface area contributed by atoms with Crippen LogP contribution in [0.1, 0.15) is 56.3 Å². The van der Waals surface area contributed by atoms with Crippen molar-refractivity contribution in [3.05, 3.63) is 56.4 Å². The number of H-pyrrole nitrogens is 1. The number of morpholine rings is 1. The van der Waals surface area contributed by atoms with Crippen molar-refractivity contribution in [3.63, 3.8) is 0 Å². The van der Waals surface area contributed by atoms with Crippen LogP contribution in [0.2, 0.25) is 0 Å². The molecule has 35 heavy (non-hydrogen) atoms. The fourth-order valence-electron chi connectivity index (χ4n) is 3.75. The monoisotopic (exact) mass is 489 g/mol. The van der Waals surface area contributed by atoms with Crippen LogP contribution in [0.3, 0.4) is 0 Å². The highest BCUT2D eigenvalue weighted by Crippen LogP contribution is 2.28. The molecule has 0 saturated carbocycles. The standard InChI is InChI=1S/C23H27N3O9/c1-4-33-22(28)19-14(3)20(23(29)34-5-2)24-17(19)13-35-21(27)16-12-15(26(30)31)6-7-18(16)25-8-10-32-11-9-25/h6-7,12,24H,4-5,8-11,13H2,1-3H3. The minimum Gasteiger partial charge on any atom is -0.462 e. The predicted octanol–water partition coefficient (Wildman–Crippen LogP) is 2.78. The number of rotatable bonds is 9. The van der Waals surface area contributed by atoms with E-state index in [4.69, 9.17) is 18.9 Å². The SMILES string of the molecule is CCOC(=O)c1[nH]c(COC(=O)c2cc([N+](=O)[O-])ccc2N2CCOCC2)c(C(=O)OCC)c1C. The lowest BCUT2D eigenvalue weighted by molar-refractivity contribution is -0.384. The second-order valence-corrected chi connectivity index (χ2v) is 7.55. The molecule has 1 saturated heterocycles. The van der Waals surface area contributed by atoms with Gasteiger partial charge in [-0.25, -0.2) is 14.4 Å². The molecular formula is C23H27N3O9. The van der Waals surface area contributed by atoms with E-state index < -0.39 is 29.4 Å². The fourth-order valence-corrected chi connectivity index (χ4v) is 3.75. The van der Waals surface area contributed by atoms with E-state index in [1.165, 1.54) is 12.1 Å². The molecule has 0 spiro atoms. The molecule has 0 amide bonds. The van der Waals surface area contributed by atoms with Crippen LogP contribution in [-0.2, 0) is 25.6 Å². The molecule has 1 N–H and O–H groups in total. The Labute approximate surface area is 201 Å². The molecule has 1 fully saturated rings. The summed E-state index contributed by atoms with van der Waals surface area (Å²) in [6, 6.07) is 3.98. The van der Waals surface area contributed by atoms with Crippen LogP contribution < -0.4 is 4.90 Å². The lowest BCUT2D eigenvalue weighted by Gasteiger charge is -2.30. The summed E-state index contributed by atoms with van der Waals surface area (Å²) in [5, 5.41) is 11.3. The highest BCUT2D eigenvalue weighted by molar-refractivity contribution is 5.99. The van der Waals surface area contributed by atoms with Crippen molar-refractivity contribution in [3.8, 4) is 0 Å². The summed E-state index contributed by atoms with van der Waals surface area (Å²) in [7, 11) is 0. The number of aromatic nitrogens is 1. The molecule has 2 heterocycles. The molecule has 0 aliphatic carbocycles. The van der Waals surface area contributed by atoms with E-state index in [1.807, 2.05) is 4.90 Å².